The number of hydrogen-bond donors (Lipinski definition) is 1. The molecule has 9 heteroatoms. The molecule has 1 aromatic heterocycles. The van der Waals surface area contributed by atoms with Crippen molar-refractivity contribution in [2.24, 2.45) is 5.92 Å². The summed E-state index contributed by atoms with van der Waals surface area (Å²) < 4.78 is 35.3. The number of halogens is 3. The Morgan fingerprint density at radius 2 is 1.97 bits per heavy atom. The second kappa shape index (κ2) is 10.3. The number of likely N-dealkylation sites (tertiary alicyclic amines) is 1. The lowest BCUT2D eigenvalue weighted by Crippen LogP contribution is -2.40. The quantitative estimate of drug-likeness (QED) is 0.683. The first-order valence-corrected chi connectivity index (χ1v) is 11.6. The molecule has 0 amide bonds. The zero-order valence-corrected chi connectivity index (χ0v) is 19.0. The fourth-order valence-corrected chi connectivity index (χ4v) is 4.86. The Bertz CT molecular complexity index is 968. The molecule has 2 aliphatic heterocycles. The molecular formula is C23H29ClF2N4O2. The average Bonchev–Trinajstić information content (AvgIpc) is 2.81. The fraction of sp³-hybridized carbons (Fsp3) is 0.565. The smallest absolute Gasteiger partial charge is 0.287 e. The molecule has 0 unspecified atom stereocenters. The van der Waals surface area contributed by atoms with Gasteiger partial charge in [-0.25, -0.2) is 13.5 Å². The second-order valence-corrected chi connectivity index (χ2v) is 9.04. The lowest BCUT2D eigenvalue weighted by atomic mass is 9.99. The van der Waals surface area contributed by atoms with E-state index in [9.17, 15) is 13.6 Å². The van der Waals surface area contributed by atoms with Crippen LogP contribution < -0.4 is 10.9 Å². The predicted octanol–water partition coefficient (Wildman–Crippen LogP) is 4.41. The third-order valence-electron chi connectivity index (χ3n) is 6.59. The molecule has 0 bridgehead atoms. The van der Waals surface area contributed by atoms with E-state index in [4.69, 9.17) is 16.3 Å². The minimum Gasteiger partial charge on any atom is -0.382 e. The summed E-state index contributed by atoms with van der Waals surface area (Å²) in [7, 11) is 0. The van der Waals surface area contributed by atoms with Crippen LogP contribution in [-0.2, 0) is 4.74 Å². The third-order valence-corrected chi connectivity index (χ3v) is 6.95. The van der Waals surface area contributed by atoms with Gasteiger partial charge in [0.05, 0.1) is 24.5 Å². The normalized spacial score (nSPS) is 21.4. The SMILES string of the molecule is C[C@@H](c1c(F)cccc1F)N1CCC(n2ncc(NC[C@@H]3CCCOC3)c(Cl)c2=O)CC1. The summed E-state index contributed by atoms with van der Waals surface area (Å²) in [6.07, 6.45) is 5.03. The molecule has 2 fully saturated rings. The summed E-state index contributed by atoms with van der Waals surface area (Å²) >= 11 is 6.37. The summed E-state index contributed by atoms with van der Waals surface area (Å²) in [5.74, 6) is -0.674. The van der Waals surface area contributed by atoms with Crippen molar-refractivity contribution in [2.75, 3.05) is 38.2 Å². The molecule has 0 spiro atoms. The van der Waals surface area contributed by atoms with Gasteiger partial charge in [-0.15, -0.1) is 0 Å². The van der Waals surface area contributed by atoms with Crippen LogP contribution in [-0.4, -0.2) is 47.5 Å². The van der Waals surface area contributed by atoms with Crippen LogP contribution in [0.15, 0.2) is 29.2 Å². The van der Waals surface area contributed by atoms with E-state index in [1.165, 1.54) is 22.9 Å². The minimum absolute atomic E-state index is 0.0862. The van der Waals surface area contributed by atoms with Crippen LogP contribution in [0.2, 0.25) is 5.02 Å². The molecule has 2 aromatic rings. The molecule has 0 saturated carbocycles. The van der Waals surface area contributed by atoms with Crippen LogP contribution in [0.3, 0.4) is 0 Å². The van der Waals surface area contributed by atoms with Crippen LogP contribution in [0.25, 0.3) is 0 Å². The molecule has 0 aliphatic carbocycles. The summed E-state index contributed by atoms with van der Waals surface area (Å²) in [5, 5.41) is 7.75. The summed E-state index contributed by atoms with van der Waals surface area (Å²) in [6, 6.07) is 3.44. The number of hydrogen-bond acceptors (Lipinski definition) is 5. The Kier molecular flexibility index (Phi) is 7.43. The van der Waals surface area contributed by atoms with Crippen LogP contribution in [0.5, 0.6) is 0 Å². The zero-order valence-electron chi connectivity index (χ0n) is 18.2. The van der Waals surface area contributed by atoms with E-state index in [0.29, 0.717) is 50.7 Å². The molecule has 2 atom stereocenters. The maximum absolute atomic E-state index is 14.2. The summed E-state index contributed by atoms with van der Waals surface area (Å²) in [6.45, 7) is 5.22. The average molecular weight is 467 g/mol. The van der Waals surface area contributed by atoms with Crippen molar-refractivity contribution >= 4 is 17.3 Å². The molecule has 2 aliphatic rings. The van der Waals surface area contributed by atoms with Gasteiger partial charge >= 0.3 is 0 Å². The maximum Gasteiger partial charge on any atom is 0.287 e. The third kappa shape index (κ3) is 4.97. The Morgan fingerprint density at radius 1 is 1.25 bits per heavy atom. The summed E-state index contributed by atoms with van der Waals surface area (Å²) in [4.78, 5) is 14.9. The van der Waals surface area contributed by atoms with Crippen molar-refractivity contribution in [3.8, 4) is 0 Å². The fourth-order valence-electron chi connectivity index (χ4n) is 4.66. The summed E-state index contributed by atoms with van der Waals surface area (Å²) in [5.41, 5.74) is 0.311. The van der Waals surface area contributed by atoms with Gasteiger partial charge in [0.2, 0.25) is 0 Å². The van der Waals surface area contributed by atoms with E-state index in [1.54, 1.807) is 13.1 Å². The van der Waals surface area contributed by atoms with Crippen molar-refractivity contribution in [3.05, 3.63) is 57.0 Å². The first kappa shape index (κ1) is 23.1. The van der Waals surface area contributed by atoms with E-state index in [0.717, 1.165) is 19.4 Å². The number of anilines is 1. The number of nitrogens with zero attached hydrogens (tertiary/aromatic N) is 3. The standard InChI is InChI=1S/C23H29ClF2N4O2/c1-15(21-18(25)5-2-6-19(21)26)29-9-7-17(8-10-29)30-23(31)22(24)20(13-28-30)27-12-16-4-3-11-32-14-16/h2,5-6,13,15-17,27H,3-4,7-12,14H2,1H3/t15-,16-/m0/s1. The number of aromatic nitrogens is 2. The van der Waals surface area contributed by atoms with Crippen molar-refractivity contribution in [1.29, 1.82) is 0 Å². The lowest BCUT2D eigenvalue weighted by molar-refractivity contribution is 0.0595. The van der Waals surface area contributed by atoms with Crippen molar-refractivity contribution < 1.29 is 13.5 Å². The van der Waals surface area contributed by atoms with Crippen molar-refractivity contribution in [1.82, 2.24) is 14.7 Å². The van der Waals surface area contributed by atoms with E-state index in [1.807, 2.05) is 4.90 Å². The van der Waals surface area contributed by atoms with Gasteiger partial charge in [0.25, 0.3) is 5.56 Å². The van der Waals surface area contributed by atoms with Gasteiger partial charge in [-0.2, -0.15) is 5.10 Å². The topological polar surface area (TPSA) is 59.4 Å². The van der Waals surface area contributed by atoms with E-state index < -0.39 is 11.6 Å². The predicted molar refractivity (Wildman–Crippen MR) is 120 cm³/mol. The highest BCUT2D eigenvalue weighted by molar-refractivity contribution is 6.32. The Balaban J connectivity index is 1.39. The number of ether oxygens (including phenoxy) is 1. The van der Waals surface area contributed by atoms with E-state index >= 15 is 0 Å². The van der Waals surface area contributed by atoms with Crippen molar-refractivity contribution in [2.45, 2.75) is 44.7 Å². The van der Waals surface area contributed by atoms with Gasteiger partial charge < -0.3 is 10.1 Å². The molecule has 1 N–H and O–H groups in total. The van der Waals surface area contributed by atoms with Crippen LogP contribution in [0.1, 0.15) is 50.3 Å². The number of piperidine rings is 1. The minimum atomic E-state index is -0.535. The second-order valence-electron chi connectivity index (χ2n) is 8.66. The molecule has 6 nitrogen and oxygen atoms in total. The van der Waals surface area contributed by atoms with Gasteiger partial charge in [-0.05, 0) is 50.7 Å². The van der Waals surface area contributed by atoms with Crippen LogP contribution in [0, 0.1) is 17.6 Å². The van der Waals surface area contributed by atoms with Gasteiger partial charge in [0.15, 0.2) is 0 Å². The first-order chi connectivity index (χ1) is 15.5. The molecule has 1 aromatic carbocycles. The van der Waals surface area contributed by atoms with E-state index in [-0.39, 0.29) is 28.2 Å². The van der Waals surface area contributed by atoms with E-state index in [2.05, 4.69) is 10.4 Å². The molecule has 0 radical (unpaired) electrons. The Hall–Kier alpha value is -2.03. The molecule has 4 rings (SSSR count). The monoisotopic (exact) mass is 466 g/mol. The highest BCUT2D eigenvalue weighted by atomic mass is 35.5. The van der Waals surface area contributed by atoms with Crippen LogP contribution >= 0.6 is 11.6 Å². The highest BCUT2D eigenvalue weighted by Crippen LogP contribution is 2.31. The number of nitrogens with one attached hydrogen (secondary N) is 1. The lowest BCUT2D eigenvalue weighted by Gasteiger charge is -2.36. The first-order valence-electron chi connectivity index (χ1n) is 11.2. The van der Waals surface area contributed by atoms with Gasteiger partial charge in [-0.3, -0.25) is 9.69 Å². The zero-order chi connectivity index (χ0) is 22.7. The molecular weight excluding hydrogens is 438 g/mol. The maximum atomic E-state index is 14.2. The Labute approximate surface area is 191 Å². The molecule has 32 heavy (non-hydrogen) atoms. The van der Waals surface area contributed by atoms with Gasteiger partial charge in [0, 0.05) is 37.8 Å². The largest absolute Gasteiger partial charge is 0.382 e. The van der Waals surface area contributed by atoms with Gasteiger partial charge in [-0.1, -0.05) is 17.7 Å². The molecule has 2 saturated heterocycles. The van der Waals surface area contributed by atoms with Crippen molar-refractivity contribution in [3.63, 3.8) is 0 Å². The van der Waals surface area contributed by atoms with Gasteiger partial charge in [0.1, 0.15) is 16.7 Å². The number of rotatable bonds is 6. The Morgan fingerprint density at radius 3 is 2.62 bits per heavy atom. The number of benzene rings is 1. The molecule has 3 heterocycles. The van der Waals surface area contributed by atoms with Crippen LogP contribution in [0.4, 0.5) is 14.5 Å². The molecule has 174 valence electrons. The highest BCUT2D eigenvalue weighted by Gasteiger charge is 2.29.